The van der Waals surface area contributed by atoms with Gasteiger partial charge in [0.05, 0.1) is 0 Å². The maximum Gasteiger partial charge on any atom is 0.319 e. The van der Waals surface area contributed by atoms with Gasteiger partial charge in [-0.15, -0.1) is 0 Å². The molecule has 0 aliphatic carbocycles. The molecule has 0 radical (unpaired) electrons. The highest BCUT2D eigenvalue weighted by atomic mass is 16.2. The molecule has 0 unspecified atom stereocenters. The number of likely N-dealkylation sites (tertiary alicyclic amines) is 1. The molecule has 86 valence electrons. The standard InChI is InChI=1S/C11H16N4O/c1-15-7-4-10(8-15)14-11(16)13-9-2-5-12-6-3-9/h2-3,5-6,10H,4,7-8H2,1H3,(H2,12,13,14,16)/t10-/m1/s1. The van der Waals surface area contributed by atoms with Crippen LogP contribution in [-0.2, 0) is 0 Å². The topological polar surface area (TPSA) is 57.3 Å². The lowest BCUT2D eigenvalue weighted by molar-refractivity contribution is 0.248. The number of pyridine rings is 1. The van der Waals surface area contributed by atoms with Crippen molar-refractivity contribution in [2.45, 2.75) is 12.5 Å². The van der Waals surface area contributed by atoms with Crippen LogP contribution in [0.2, 0.25) is 0 Å². The van der Waals surface area contributed by atoms with E-state index < -0.39 is 0 Å². The molecule has 0 aromatic carbocycles. The van der Waals surface area contributed by atoms with Crippen molar-refractivity contribution in [3.63, 3.8) is 0 Å². The first kappa shape index (κ1) is 10.9. The number of hydrogen-bond donors (Lipinski definition) is 2. The molecule has 2 N–H and O–H groups in total. The molecule has 0 saturated carbocycles. The van der Waals surface area contributed by atoms with E-state index >= 15 is 0 Å². The molecule has 5 heteroatoms. The van der Waals surface area contributed by atoms with Crippen LogP contribution in [0, 0.1) is 0 Å². The summed E-state index contributed by atoms with van der Waals surface area (Å²) in [6, 6.07) is 3.64. The number of amides is 2. The first-order chi connectivity index (χ1) is 7.74. The number of carbonyl (C=O) groups is 1. The molecule has 2 amide bonds. The molecule has 0 bridgehead atoms. The number of rotatable bonds is 2. The van der Waals surface area contributed by atoms with Gasteiger partial charge in [-0.3, -0.25) is 4.98 Å². The minimum absolute atomic E-state index is 0.147. The van der Waals surface area contributed by atoms with Crippen molar-refractivity contribution in [3.05, 3.63) is 24.5 Å². The highest BCUT2D eigenvalue weighted by Crippen LogP contribution is 2.07. The van der Waals surface area contributed by atoms with Gasteiger partial charge in [-0.2, -0.15) is 0 Å². The van der Waals surface area contributed by atoms with E-state index in [1.54, 1.807) is 24.5 Å². The first-order valence-electron chi connectivity index (χ1n) is 5.40. The Morgan fingerprint density at radius 1 is 1.50 bits per heavy atom. The lowest BCUT2D eigenvalue weighted by Gasteiger charge is -2.13. The number of nitrogens with zero attached hydrogens (tertiary/aromatic N) is 2. The van der Waals surface area contributed by atoms with E-state index in [0.29, 0.717) is 0 Å². The van der Waals surface area contributed by atoms with Crippen LogP contribution in [0.15, 0.2) is 24.5 Å². The van der Waals surface area contributed by atoms with Crippen LogP contribution in [0.4, 0.5) is 10.5 Å². The smallest absolute Gasteiger partial charge is 0.319 e. The summed E-state index contributed by atoms with van der Waals surface area (Å²) in [5.74, 6) is 0. The summed E-state index contributed by atoms with van der Waals surface area (Å²) in [5.41, 5.74) is 0.763. The van der Waals surface area contributed by atoms with E-state index in [-0.39, 0.29) is 12.1 Å². The summed E-state index contributed by atoms with van der Waals surface area (Å²) in [6.45, 7) is 1.96. The Morgan fingerprint density at radius 3 is 2.88 bits per heavy atom. The Labute approximate surface area is 94.9 Å². The van der Waals surface area contributed by atoms with Crippen molar-refractivity contribution < 1.29 is 4.79 Å². The minimum Gasteiger partial charge on any atom is -0.334 e. The van der Waals surface area contributed by atoms with Gasteiger partial charge >= 0.3 is 6.03 Å². The highest BCUT2D eigenvalue weighted by Gasteiger charge is 2.20. The van der Waals surface area contributed by atoms with Crippen molar-refractivity contribution in [2.24, 2.45) is 0 Å². The molecule has 2 heterocycles. The molecule has 1 fully saturated rings. The fourth-order valence-corrected chi connectivity index (χ4v) is 1.84. The predicted octanol–water partition coefficient (Wildman–Crippen LogP) is 0.907. The minimum atomic E-state index is -0.147. The first-order valence-corrected chi connectivity index (χ1v) is 5.40. The van der Waals surface area contributed by atoms with Gasteiger partial charge in [0.2, 0.25) is 0 Å². The van der Waals surface area contributed by atoms with Gasteiger partial charge in [-0.25, -0.2) is 4.79 Å². The second kappa shape index (κ2) is 4.94. The molecule has 1 aliphatic rings. The fraction of sp³-hybridized carbons (Fsp3) is 0.455. The summed E-state index contributed by atoms with van der Waals surface area (Å²) in [4.78, 5) is 17.7. The van der Waals surface area contributed by atoms with Crippen LogP contribution in [0.3, 0.4) is 0 Å². The third kappa shape index (κ3) is 2.93. The zero-order valence-electron chi connectivity index (χ0n) is 9.31. The van der Waals surface area contributed by atoms with Gasteiger partial charge < -0.3 is 15.5 Å². The highest BCUT2D eigenvalue weighted by molar-refractivity contribution is 5.89. The molecule has 1 aromatic rings. The van der Waals surface area contributed by atoms with Crippen LogP contribution < -0.4 is 10.6 Å². The molecule has 2 rings (SSSR count). The lowest BCUT2D eigenvalue weighted by atomic mass is 10.3. The van der Waals surface area contributed by atoms with Crippen LogP contribution >= 0.6 is 0 Å². The van der Waals surface area contributed by atoms with E-state index in [9.17, 15) is 4.79 Å². The summed E-state index contributed by atoms with van der Waals surface area (Å²) in [6.07, 6.45) is 4.32. The fourth-order valence-electron chi connectivity index (χ4n) is 1.84. The number of hydrogen-bond acceptors (Lipinski definition) is 3. The Hall–Kier alpha value is -1.62. The van der Waals surface area contributed by atoms with Crippen molar-refractivity contribution in [3.8, 4) is 0 Å². The summed E-state index contributed by atoms with van der Waals surface area (Å²) >= 11 is 0. The number of nitrogens with one attached hydrogen (secondary N) is 2. The Bertz CT molecular complexity index is 354. The summed E-state index contributed by atoms with van der Waals surface area (Å²) in [5, 5.41) is 5.72. The van der Waals surface area contributed by atoms with E-state index in [1.807, 2.05) is 0 Å². The molecule has 1 aliphatic heterocycles. The molecular weight excluding hydrogens is 204 g/mol. The molecular formula is C11H16N4O. The van der Waals surface area contributed by atoms with Crippen LogP contribution in [-0.4, -0.2) is 42.1 Å². The van der Waals surface area contributed by atoms with Gasteiger partial charge in [0.1, 0.15) is 0 Å². The number of likely N-dealkylation sites (N-methyl/N-ethyl adjacent to an activating group) is 1. The SMILES string of the molecule is CN1CC[C@@H](NC(=O)Nc2ccncc2)C1. The average molecular weight is 220 g/mol. The largest absolute Gasteiger partial charge is 0.334 e. The van der Waals surface area contributed by atoms with Gasteiger partial charge in [0, 0.05) is 30.7 Å². The number of carbonyl (C=O) groups excluding carboxylic acids is 1. The lowest BCUT2D eigenvalue weighted by Crippen LogP contribution is -2.39. The summed E-state index contributed by atoms with van der Waals surface area (Å²) < 4.78 is 0. The monoisotopic (exact) mass is 220 g/mol. The molecule has 1 atom stereocenters. The van der Waals surface area contributed by atoms with E-state index in [0.717, 1.165) is 25.2 Å². The van der Waals surface area contributed by atoms with Gasteiger partial charge in [0.15, 0.2) is 0 Å². The van der Waals surface area contributed by atoms with Gasteiger partial charge in [0.25, 0.3) is 0 Å². The van der Waals surface area contributed by atoms with E-state index in [1.165, 1.54) is 0 Å². The zero-order valence-corrected chi connectivity index (χ0v) is 9.31. The van der Waals surface area contributed by atoms with Gasteiger partial charge in [-0.1, -0.05) is 0 Å². The maximum atomic E-state index is 11.6. The van der Waals surface area contributed by atoms with E-state index in [2.05, 4.69) is 27.6 Å². The number of urea groups is 1. The Morgan fingerprint density at radius 2 is 2.25 bits per heavy atom. The molecule has 0 spiro atoms. The molecule has 1 saturated heterocycles. The third-order valence-electron chi connectivity index (χ3n) is 2.66. The van der Waals surface area contributed by atoms with Crippen LogP contribution in [0.25, 0.3) is 0 Å². The Kier molecular flexibility index (Phi) is 3.36. The van der Waals surface area contributed by atoms with Crippen LogP contribution in [0.1, 0.15) is 6.42 Å². The second-order valence-corrected chi connectivity index (χ2v) is 4.08. The van der Waals surface area contributed by atoms with E-state index in [4.69, 9.17) is 0 Å². The second-order valence-electron chi connectivity index (χ2n) is 4.08. The third-order valence-corrected chi connectivity index (χ3v) is 2.66. The normalized spacial score (nSPS) is 20.7. The molecule has 1 aromatic heterocycles. The Balaban J connectivity index is 1.81. The van der Waals surface area contributed by atoms with Crippen molar-refractivity contribution in [1.29, 1.82) is 0 Å². The predicted molar refractivity (Wildman–Crippen MR) is 62.3 cm³/mol. The maximum absolute atomic E-state index is 11.6. The molecule has 5 nitrogen and oxygen atoms in total. The number of anilines is 1. The quantitative estimate of drug-likeness (QED) is 0.778. The van der Waals surface area contributed by atoms with Gasteiger partial charge in [-0.05, 0) is 32.1 Å². The van der Waals surface area contributed by atoms with Crippen molar-refractivity contribution >= 4 is 11.7 Å². The van der Waals surface area contributed by atoms with Crippen molar-refractivity contribution in [1.82, 2.24) is 15.2 Å². The van der Waals surface area contributed by atoms with Crippen LogP contribution in [0.5, 0.6) is 0 Å². The molecule has 16 heavy (non-hydrogen) atoms. The summed E-state index contributed by atoms with van der Waals surface area (Å²) in [7, 11) is 2.06. The average Bonchev–Trinajstić information content (AvgIpc) is 2.65. The number of aromatic nitrogens is 1. The van der Waals surface area contributed by atoms with Crippen molar-refractivity contribution in [2.75, 3.05) is 25.5 Å². The zero-order chi connectivity index (χ0) is 11.4.